The van der Waals surface area contributed by atoms with Gasteiger partial charge in [0.25, 0.3) is 0 Å². The van der Waals surface area contributed by atoms with Crippen LogP contribution in [0.3, 0.4) is 0 Å². The number of anilines is 2. The number of hydrogen-bond acceptors (Lipinski definition) is 7. The minimum Gasteiger partial charge on any atom is -0.457 e. The largest absolute Gasteiger partial charge is 0.457 e. The average molecular weight is 521 g/mol. The van der Waals surface area contributed by atoms with Gasteiger partial charge in [0.05, 0.1) is 29.5 Å². The maximum atomic E-state index is 12.9. The Morgan fingerprint density at radius 1 is 1.00 bits per heavy atom. The summed E-state index contributed by atoms with van der Waals surface area (Å²) in [5, 5.41) is 21.9. The number of amides is 2. The summed E-state index contributed by atoms with van der Waals surface area (Å²) in [6.45, 7) is 4.10. The van der Waals surface area contributed by atoms with Crippen LogP contribution in [0.1, 0.15) is 25.5 Å². The number of rotatable bonds is 7. The molecule has 2 aromatic carbocycles. The number of nitrogens with one attached hydrogen (secondary N) is 3. The van der Waals surface area contributed by atoms with Gasteiger partial charge in [0, 0.05) is 41.2 Å². The van der Waals surface area contributed by atoms with Gasteiger partial charge in [0.2, 0.25) is 0 Å². The number of aromatic amines is 1. The monoisotopic (exact) mass is 520 g/mol. The number of nitrogens with zero attached hydrogens (tertiary/aromatic N) is 5. The highest BCUT2D eigenvalue weighted by molar-refractivity contribution is 5.99. The Hall–Kier alpha value is -5.45. The lowest BCUT2D eigenvalue weighted by atomic mass is 10.1. The van der Waals surface area contributed by atoms with Crippen LogP contribution in [0.5, 0.6) is 11.5 Å². The number of carbonyl (C=O) groups excluding carboxylic acids is 1. The maximum Gasteiger partial charge on any atom is 0.324 e. The molecule has 0 atom stereocenters. The lowest BCUT2D eigenvalue weighted by molar-refractivity contribution is 0.262. The molecule has 11 nitrogen and oxygen atoms in total. The van der Waals surface area contributed by atoms with E-state index in [1.807, 2.05) is 44.2 Å². The molecule has 0 saturated heterocycles. The van der Waals surface area contributed by atoms with Gasteiger partial charge in [-0.15, -0.1) is 0 Å². The molecule has 0 fully saturated rings. The fraction of sp³-hybridized carbons (Fsp3) is 0.107. The Morgan fingerprint density at radius 3 is 2.67 bits per heavy atom. The maximum absolute atomic E-state index is 12.9. The van der Waals surface area contributed by atoms with Gasteiger partial charge in [-0.25, -0.2) is 9.48 Å². The molecule has 2 amide bonds. The summed E-state index contributed by atoms with van der Waals surface area (Å²) in [7, 11) is 0. The van der Waals surface area contributed by atoms with Gasteiger partial charge < -0.3 is 14.6 Å². The molecule has 11 heteroatoms. The van der Waals surface area contributed by atoms with Gasteiger partial charge in [-0.3, -0.25) is 15.4 Å². The molecule has 3 N–H and O–H groups in total. The second kappa shape index (κ2) is 10.1. The molecule has 194 valence electrons. The molecule has 0 bridgehead atoms. The van der Waals surface area contributed by atoms with Gasteiger partial charge >= 0.3 is 6.03 Å². The summed E-state index contributed by atoms with van der Waals surface area (Å²) < 4.78 is 12.9. The van der Waals surface area contributed by atoms with Crippen LogP contribution in [0, 0.1) is 0 Å². The number of urea groups is 1. The van der Waals surface area contributed by atoms with Gasteiger partial charge in [-0.2, -0.15) is 10.2 Å². The van der Waals surface area contributed by atoms with E-state index in [1.54, 1.807) is 59.8 Å². The smallest absolute Gasteiger partial charge is 0.324 e. The fourth-order valence-corrected chi connectivity index (χ4v) is 4.00. The molecule has 0 unspecified atom stereocenters. The molecule has 6 aromatic rings. The third kappa shape index (κ3) is 5.18. The van der Waals surface area contributed by atoms with Crippen LogP contribution in [0.4, 0.5) is 16.3 Å². The van der Waals surface area contributed by atoms with Crippen LogP contribution in [0.2, 0.25) is 0 Å². The van der Waals surface area contributed by atoms with E-state index in [9.17, 15) is 4.79 Å². The van der Waals surface area contributed by atoms with Gasteiger partial charge in [-0.1, -0.05) is 19.0 Å². The molecule has 0 saturated carbocycles. The van der Waals surface area contributed by atoms with Crippen molar-refractivity contribution in [3.8, 4) is 28.4 Å². The number of carbonyl (C=O) groups is 1. The lowest BCUT2D eigenvalue weighted by Gasteiger charge is -2.11. The van der Waals surface area contributed by atoms with Gasteiger partial charge in [0.1, 0.15) is 17.3 Å². The number of aromatic nitrogens is 6. The first kappa shape index (κ1) is 23.9. The van der Waals surface area contributed by atoms with Crippen LogP contribution in [0.25, 0.3) is 27.9 Å². The van der Waals surface area contributed by atoms with Crippen LogP contribution >= 0.6 is 0 Å². The van der Waals surface area contributed by atoms with E-state index in [0.717, 1.165) is 28.0 Å². The SMILES string of the molecule is CC(C)c1cc(NC(=O)Nc2ccc(Oc3ccnc(-c4cn[nH]c4)c3)cc2)n(-c2ccc3oncc3c2)n1. The third-order valence-corrected chi connectivity index (χ3v) is 6.02. The number of hydrogen-bond donors (Lipinski definition) is 3. The zero-order valence-corrected chi connectivity index (χ0v) is 21.1. The molecular weight excluding hydrogens is 496 g/mol. The number of ether oxygens (including phenoxy) is 1. The standard InChI is InChI=1S/C28H24N8O3/c1-17(2)24-13-27(36(35-24)21-5-8-26-18(11-21)16-32-39-26)34-28(37)33-20-3-6-22(7-4-20)38-23-9-10-29-25(12-23)19-14-30-31-15-19/h3-17H,1-2H3,(H,30,31)(H2,33,34,37). The summed E-state index contributed by atoms with van der Waals surface area (Å²) in [4.78, 5) is 17.3. The highest BCUT2D eigenvalue weighted by atomic mass is 16.5. The number of pyridine rings is 1. The van der Waals surface area contributed by atoms with Crippen molar-refractivity contribution >= 4 is 28.5 Å². The van der Waals surface area contributed by atoms with Crippen molar-refractivity contribution < 1.29 is 14.1 Å². The minimum atomic E-state index is -0.398. The molecule has 0 aliphatic carbocycles. The molecule has 4 aromatic heterocycles. The topological polar surface area (TPSA) is 136 Å². The lowest BCUT2D eigenvalue weighted by Crippen LogP contribution is -2.21. The van der Waals surface area contributed by atoms with E-state index in [1.165, 1.54) is 0 Å². The van der Waals surface area contributed by atoms with E-state index in [-0.39, 0.29) is 5.92 Å². The number of fused-ring (bicyclic) bond motifs is 1. The van der Waals surface area contributed by atoms with Gasteiger partial charge in [-0.05, 0) is 54.4 Å². The Kier molecular flexibility index (Phi) is 6.21. The van der Waals surface area contributed by atoms with Crippen molar-refractivity contribution in [1.82, 2.24) is 30.1 Å². The normalized spacial score (nSPS) is 11.2. The zero-order chi connectivity index (χ0) is 26.8. The summed E-state index contributed by atoms with van der Waals surface area (Å²) >= 11 is 0. The molecule has 0 spiro atoms. The molecule has 0 aliphatic rings. The molecule has 39 heavy (non-hydrogen) atoms. The first-order valence-electron chi connectivity index (χ1n) is 12.3. The highest BCUT2D eigenvalue weighted by Gasteiger charge is 2.16. The van der Waals surface area contributed by atoms with Crippen molar-refractivity contribution in [2.75, 3.05) is 10.6 Å². The quantitative estimate of drug-likeness (QED) is 0.223. The van der Waals surface area contributed by atoms with Crippen molar-refractivity contribution in [3.63, 3.8) is 0 Å². The Morgan fingerprint density at radius 2 is 1.87 bits per heavy atom. The predicted octanol–water partition coefficient (Wildman–Crippen LogP) is 6.36. The van der Waals surface area contributed by atoms with E-state index < -0.39 is 6.03 Å². The summed E-state index contributed by atoms with van der Waals surface area (Å²) in [5.74, 6) is 1.98. The Labute approximate surface area is 222 Å². The van der Waals surface area contributed by atoms with E-state index in [0.29, 0.717) is 28.6 Å². The average Bonchev–Trinajstić information content (AvgIpc) is 3.71. The number of benzene rings is 2. The Balaban J connectivity index is 1.15. The van der Waals surface area contributed by atoms with Crippen LogP contribution in [-0.2, 0) is 0 Å². The van der Waals surface area contributed by atoms with Crippen LogP contribution in [-0.4, -0.2) is 36.1 Å². The zero-order valence-electron chi connectivity index (χ0n) is 21.1. The van der Waals surface area contributed by atoms with E-state index >= 15 is 0 Å². The number of H-pyrrole nitrogens is 1. The van der Waals surface area contributed by atoms with E-state index in [4.69, 9.17) is 14.4 Å². The van der Waals surface area contributed by atoms with Crippen molar-refractivity contribution in [3.05, 3.63) is 91.1 Å². The van der Waals surface area contributed by atoms with Gasteiger partial charge in [0.15, 0.2) is 5.58 Å². The minimum absolute atomic E-state index is 0.179. The summed E-state index contributed by atoms with van der Waals surface area (Å²) in [5.41, 5.74) is 4.53. The summed E-state index contributed by atoms with van der Waals surface area (Å²) in [6, 6.07) is 17.8. The van der Waals surface area contributed by atoms with Crippen molar-refractivity contribution in [2.45, 2.75) is 19.8 Å². The second-order valence-electron chi connectivity index (χ2n) is 9.14. The first-order chi connectivity index (χ1) is 19.0. The molecule has 0 aliphatic heterocycles. The van der Waals surface area contributed by atoms with Crippen LogP contribution in [0.15, 0.2) is 90.0 Å². The third-order valence-electron chi connectivity index (χ3n) is 6.02. The van der Waals surface area contributed by atoms with Crippen molar-refractivity contribution in [2.24, 2.45) is 0 Å². The van der Waals surface area contributed by atoms with Crippen molar-refractivity contribution in [1.29, 1.82) is 0 Å². The highest BCUT2D eigenvalue weighted by Crippen LogP contribution is 2.27. The first-order valence-corrected chi connectivity index (χ1v) is 12.3. The molecule has 6 rings (SSSR count). The summed E-state index contributed by atoms with van der Waals surface area (Å²) in [6.07, 6.45) is 6.79. The molecule has 0 radical (unpaired) electrons. The second-order valence-corrected chi connectivity index (χ2v) is 9.14. The molecular formula is C28H24N8O3. The van der Waals surface area contributed by atoms with E-state index in [2.05, 4.69) is 31.0 Å². The molecule has 4 heterocycles. The Bertz CT molecular complexity index is 1740. The fourth-order valence-electron chi connectivity index (χ4n) is 4.00. The van der Waals surface area contributed by atoms with Crippen LogP contribution < -0.4 is 15.4 Å². The predicted molar refractivity (Wildman–Crippen MR) is 146 cm³/mol.